The van der Waals surface area contributed by atoms with E-state index in [0.717, 1.165) is 13.1 Å². The summed E-state index contributed by atoms with van der Waals surface area (Å²) in [6, 6.07) is 5.78. The van der Waals surface area contributed by atoms with Crippen molar-refractivity contribution < 1.29 is 9.18 Å². The summed E-state index contributed by atoms with van der Waals surface area (Å²) in [7, 11) is 0. The highest BCUT2D eigenvalue weighted by Gasteiger charge is 2.25. The fourth-order valence-corrected chi connectivity index (χ4v) is 3.51. The van der Waals surface area contributed by atoms with E-state index in [1.807, 2.05) is 0 Å². The van der Waals surface area contributed by atoms with Gasteiger partial charge in [0, 0.05) is 24.0 Å². The van der Waals surface area contributed by atoms with Gasteiger partial charge in [0.25, 0.3) is 5.91 Å². The van der Waals surface area contributed by atoms with Crippen LogP contribution in [0.15, 0.2) is 29.1 Å². The molecule has 3 rings (SSSR count). The first kappa shape index (κ1) is 17.6. The molecule has 2 heterocycles. The minimum atomic E-state index is -0.540. The van der Waals surface area contributed by atoms with E-state index in [0.29, 0.717) is 12.5 Å². The summed E-state index contributed by atoms with van der Waals surface area (Å²) in [6.07, 6.45) is 2.38. The Morgan fingerprint density at radius 1 is 1.32 bits per heavy atom. The fraction of sp³-hybridized carbons (Fsp3) is 0.474. The summed E-state index contributed by atoms with van der Waals surface area (Å²) in [5, 5.41) is 3.14. The van der Waals surface area contributed by atoms with Gasteiger partial charge in [0.2, 0.25) is 0 Å². The summed E-state index contributed by atoms with van der Waals surface area (Å²) in [5.41, 5.74) is -0.204. The number of aromatic amines is 1. The number of hydrogen-bond donors (Lipinski definition) is 2. The average Bonchev–Trinajstić information content (AvgIpc) is 3.09. The molecule has 25 heavy (non-hydrogen) atoms. The first-order valence-corrected chi connectivity index (χ1v) is 8.81. The van der Waals surface area contributed by atoms with Crippen molar-refractivity contribution in [1.82, 2.24) is 15.2 Å². The predicted molar refractivity (Wildman–Crippen MR) is 96.3 cm³/mol. The van der Waals surface area contributed by atoms with E-state index in [1.54, 1.807) is 6.07 Å². The Kier molecular flexibility index (Phi) is 5.18. The zero-order valence-corrected chi connectivity index (χ0v) is 14.6. The quantitative estimate of drug-likeness (QED) is 0.875. The Morgan fingerprint density at radius 3 is 2.72 bits per heavy atom. The van der Waals surface area contributed by atoms with Gasteiger partial charge in [-0.25, -0.2) is 4.39 Å². The number of rotatable bonds is 5. The van der Waals surface area contributed by atoms with Crippen LogP contribution in [-0.4, -0.2) is 41.5 Å². The van der Waals surface area contributed by atoms with Gasteiger partial charge in [0.15, 0.2) is 5.43 Å². The highest BCUT2D eigenvalue weighted by molar-refractivity contribution is 5.94. The van der Waals surface area contributed by atoms with E-state index in [9.17, 15) is 14.0 Å². The molecule has 2 aromatic rings. The number of H-pyrrole nitrogens is 1. The van der Waals surface area contributed by atoms with E-state index < -0.39 is 5.82 Å². The molecule has 6 heteroatoms. The average molecular weight is 345 g/mol. The third-order valence-electron chi connectivity index (χ3n) is 4.91. The van der Waals surface area contributed by atoms with E-state index >= 15 is 0 Å². The van der Waals surface area contributed by atoms with Gasteiger partial charge in [-0.2, -0.15) is 0 Å². The van der Waals surface area contributed by atoms with Crippen molar-refractivity contribution >= 4 is 16.8 Å². The number of benzene rings is 1. The molecule has 1 amide bonds. The molecule has 0 spiro atoms. The van der Waals surface area contributed by atoms with Crippen LogP contribution in [0.4, 0.5) is 4.39 Å². The van der Waals surface area contributed by atoms with Crippen LogP contribution in [0.2, 0.25) is 0 Å². The van der Waals surface area contributed by atoms with Crippen LogP contribution in [0.3, 0.4) is 0 Å². The number of fused-ring (bicyclic) bond motifs is 1. The zero-order chi connectivity index (χ0) is 18.0. The van der Waals surface area contributed by atoms with Crippen molar-refractivity contribution in [3.8, 4) is 0 Å². The molecule has 0 unspecified atom stereocenters. The molecule has 0 bridgehead atoms. The summed E-state index contributed by atoms with van der Waals surface area (Å²) in [6.45, 7) is 6.89. The Morgan fingerprint density at radius 2 is 2.04 bits per heavy atom. The van der Waals surface area contributed by atoms with Crippen LogP contribution in [-0.2, 0) is 0 Å². The third-order valence-corrected chi connectivity index (χ3v) is 4.91. The number of nitrogens with one attached hydrogen (secondary N) is 2. The number of carbonyl (C=O) groups excluding carboxylic acids is 1. The molecule has 0 saturated carbocycles. The summed E-state index contributed by atoms with van der Waals surface area (Å²) in [4.78, 5) is 29.8. The van der Waals surface area contributed by atoms with Gasteiger partial charge in [0.1, 0.15) is 11.5 Å². The SMILES string of the molecule is CC(C)[C@@H](CNC(=O)c1cc(=O)c2cccc(F)c2[nH]1)N1CCCC1. The number of amides is 1. The van der Waals surface area contributed by atoms with Crippen LogP contribution in [0, 0.1) is 11.7 Å². The van der Waals surface area contributed by atoms with E-state index in [2.05, 4.69) is 29.0 Å². The van der Waals surface area contributed by atoms with Crippen LogP contribution in [0.5, 0.6) is 0 Å². The van der Waals surface area contributed by atoms with Gasteiger partial charge in [-0.1, -0.05) is 19.9 Å². The molecule has 1 atom stereocenters. The molecule has 1 aromatic carbocycles. The Labute approximate surface area is 146 Å². The Bertz CT molecular complexity index is 825. The van der Waals surface area contributed by atoms with Crippen molar-refractivity contribution in [2.45, 2.75) is 32.7 Å². The van der Waals surface area contributed by atoms with Gasteiger partial charge >= 0.3 is 0 Å². The lowest BCUT2D eigenvalue weighted by Gasteiger charge is -2.31. The summed E-state index contributed by atoms with van der Waals surface area (Å²) >= 11 is 0. The molecular formula is C19H24FN3O2. The Hall–Kier alpha value is -2.21. The second kappa shape index (κ2) is 7.35. The molecule has 1 saturated heterocycles. The second-order valence-electron chi connectivity index (χ2n) is 6.97. The van der Waals surface area contributed by atoms with Crippen LogP contribution >= 0.6 is 0 Å². The highest BCUT2D eigenvalue weighted by Crippen LogP contribution is 2.17. The van der Waals surface area contributed by atoms with E-state index in [-0.39, 0.29) is 34.0 Å². The Balaban J connectivity index is 1.77. The lowest BCUT2D eigenvalue weighted by Crippen LogP contribution is -2.45. The minimum Gasteiger partial charge on any atom is -0.349 e. The maximum absolute atomic E-state index is 13.9. The maximum atomic E-state index is 13.9. The first-order chi connectivity index (χ1) is 12.0. The smallest absolute Gasteiger partial charge is 0.267 e. The molecule has 1 aliphatic rings. The standard InChI is InChI=1S/C19H24FN3O2/c1-12(2)16(23-8-3-4-9-23)11-21-19(25)15-10-17(24)13-6-5-7-14(20)18(13)22-15/h5-7,10,12,16H,3-4,8-9,11H2,1-2H3,(H,21,25)(H,22,24)/t16-/m1/s1. The largest absolute Gasteiger partial charge is 0.349 e. The number of pyridine rings is 1. The second-order valence-corrected chi connectivity index (χ2v) is 6.97. The zero-order valence-electron chi connectivity index (χ0n) is 14.6. The van der Waals surface area contributed by atoms with Gasteiger partial charge in [0.05, 0.1) is 5.52 Å². The van der Waals surface area contributed by atoms with Crippen LogP contribution in [0.1, 0.15) is 37.2 Å². The predicted octanol–water partition coefficient (Wildman–Crippen LogP) is 2.52. The van der Waals surface area contributed by atoms with Gasteiger partial charge < -0.3 is 10.3 Å². The van der Waals surface area contributed by atoms with Gasteiger partial charge in [-0.3, -0.25) is 14.5 Å². The highest BCUT2D eigenvalue weighted by atomic mass is 19.1. The van der Waals surface area contributed by atoms with Crippen molar-refractivity contribution in [3.63, 3.8) is 0 Å². The lowest BCUT2D eigenvalue weighted by molar-refractivity contribution is 0.0922. The topological polar surface area (TPSA) is 65.2 Å². The number of para-hydroxylation sites is 1. The number of likely N-dealkylation sites (tertiary alicyclic amines) is 1. The number of nitrogens with zero attached hydrogens (tertiary/aromatic N) is 1. The van der Waals surface area contributed by atoms with Crippen molar-refractivity contribution in [3.05, 3.63) is 46.0 Å². The molecule has 1 aliphatic heterocycles. The minimum absolute atomic E-state index is 0.0695. The third kappa shape index (κ3) is 3.74. The fourth-order valence-electron chi connectivity index (χ4n) is 3.51. The number of carbonyl (C=O) groups is 1. The van der Waals surface area contributed by atoms with Crippen LogP contribution in [0.25, 0.3) is 10.9 Å². The molecule has 134 valence electrons. The molecule has 0 radical (unpaired) electrons. The number of aromatic nitrogens is 1. The molecule has 1 aromatic heterocycles. The molecule has 2 N–H and O–H groups in total. The molecular weight excluding hydrogens is 321 g/mol. The van der Waals surface area contributed by atoms with Gasteiger partial charge in [-0.05, 0) is 44.0 Å². The normalized spacial score (nSPS) is 16.5. The first-order valence-electron chi connectivity index (χ1n) is 8.81. The van der Waals surface area contributed by atoms with Crippen molar-refractivity contribution in [2.24, 2.45) is 5.92 Å². The summed E-state index contributed by atoms with van der Waals surface area (Å²) < 4.78 is 13.9. The number of halogens is 1. The maximum Gasteiger partial charge on any atom is 0.267 e. The molecule has 0 aliphatic carbocycles. The van der Waals surface area contributed by atoms with Crippen LogP contribution < -0.4 is 10.7 Å². The van der Waals surface area contributed by atoms with E-state index in [1.165, 1.54) is 31.0 Å². The monoisotopic (exact) mass is 345 g/mol. The summed E-state index contributed by atoms with van der Waals surface area (Å²) in [5.74, 6) is -0.514. The van der Waals surface area contributed by atoms with Crippen molar-refractivity contribution in [2.75, 3.05) is 19.6 Å². The number of hydrogen-bond acceptors (Lipinski definition) is 3. The van der Waals surface area contributed by atoms with Gasteiger partial charge in [-0.15, -0.1) is 0 Å². The van der Waals surface area contributed by atoms with Crippen molar-refractivity contribution in [1.29, 1.82) is 0 Å². The lowest BCUT2D eigenvalue weighted by atomic mass is 10.0. The molecule has 5 nitrogen and oxygen atoms in total. The molecule has 1 fully saturated rings. The van der Waals surface area contributed by atoms with E-state index in [4.69, 9.17) is 0 Å².